The highest BCUT2D eigenvalue weighted by Crippen LogP contribution is 2.26. The molecule has 5 nitrogen and oxygen atoms in total. The second-order valence-corrected chi connectivity index (χ2v) is 7.94. The molecule has 1 atom stereocenters. The summed E-state index contributed by atoms with van der Waals surface area (Å²) in [6.07, 6.45) is 4.13. The quantitative estimate of drug-likeness (QED) is 0.549. The maximum atomic E-state index is 13.2. The number of rotatable bonds is 7. The predicted molar refractivity (Wildman–Crippen MR) is 116 cm³/mol. The van der Waals surface area contributed by atoms with Gasteiger partial charge in [-0.2, -0.15) is 0 Å². The third-order valence-electron chi connectivity index (χ3n) is 5.89. The molecule has 0 bridgehead atoms. The minimum atomic E-state index is 0.0911. The van der Waals surface area contributed by atoms with Crippen molar-refractivity contribution in [1.29, 1.82) is 0 Å². The van der Waals surface area contributed by atoms with Gasteiger partial charge in [-0.3, -0.25) is 4.79 Å². The maximum Gasteiger partial charge on any atom is 0.254 e. The van der Waals surface area contributed by atoms with E-state index >= 15 is 0 Å². The van der Waals surface area contributed by atoms with Gasteiger partial charge in [0, 0.05) is 18.2 Å². The zero-order chi connectivity index (χ0) is 20.9. The second-order valence-electron chi connectivity index (χ2n) is 7.94. The van der Waals surface area contributed by atoms with Gasteiger partial charge in [0.15, 0.2) is 0 Å². The lowest BCUT2D eigenvalue weighted by molar-refractivity contribution is 0.0730. The SMILES string of the molecule is Cc1noc(C)c1COc1cccc(C(=O)N2CCCC2CCc2ccccc2)c1. The molecule has 1 amide bonds. The fourth-order valence-corrected chi connectivity index (χ4v) is 4.13. The lowest BCUT2D eigenvalue weighted by atomic mass is 10.0. The van der Waals surface area contributed by atoms with Crippen molar-refractivity contribution in [3.63, 3.8) is 0 Å². The summed E-state index contributed by atoms with van der Waals surface area (Å²) >= 11 is 0. The molecule has 3 aromatic rings. The Bertz CT molecular complexity index is 977. The van der Waals surface area contributed by atoms with Crippen molar-refractivity contribution < 1.29 is 14.1 Å². The van der Waals surface area contributed by atoms with Crippen LogP contribution in [0.25, 0.3) is 0 Å². The van der Waals surface area contributed by atoms with E-state index in [-0.39, 0.29) is 5.91 Å². The number of hydrogen-bond acceptors (Lipinski definition) is 4. The van der Waals surface area contributed by atoms with Gasteiger partial charge >= 0.3 is 0 Å². The number of likely N-dealkylation sites (tertiary alicyclic amines) is 1. The molecule has 2 heterocycles. The summed E-state index contributed by atoms with van der Waals surface area (Å²) < 4.78 is 11.1. The van der Waals surface area contributed by atoms with E-state index in [1.54, 1.807) is 0 Å². The minimum absolute atomic E-state index is 0.0911. The number of aryl methyl sites for hydroxylation is 3. The van der Waals surface area contributed by atoms with Crippen molar-refractivity contribution in [2.75, 3.05) is 6.54 Å². The fraction of sp³-hybridized carbons (Fsp3) is 0.360. The van der Waals surface area contributed by atoms with Crippen LogP contribution in [0.2, 0.25) is 0 Å². The second kappa shape index (κ2) is 9.16. The van der Waals surface area contributed by atoms with Crippen LogP contribution >= 0.6 is 0 Å². The van der Waals surface area contributed by atoms with Gasteiger partial charge in [0.2, 0.25) is 0 Å². The highest BCUT2D eigenvalue weighted by atomic mass is 16.5. The lowest BCUT2D eigenvalue weighted by Crippen LogP contribution is -2.35. The van der Waals surface area contributed by atoms with E-state index in [2.05, 4.69) is 29.4 Å². The van der Waals surface area contributed by atoms with Gasteiger partial charge in [-0.1, -0.05) is 41.6 Å². The number of carbonyl (C=O) groups excluding carboxylic acids is 1. The van der Waals surface area contributed by atoms with Crippen molar-refractivity contribution in [2.24, 2.45) is 0 Å². The molecule has 1 saturated heterocycles. The van der Waals surface area contributed by atoms with Gasteiger partial charge in [-0.15, -0.1) is 0 Å². The number of nitrogens with zero attached hydrogens (tertiary/aromatic N) is 2. The van der Waals surface area contributed by atoms with Crippen LogP contribution < -0.4 is 4.74 Å². The van der Waals surface area contributed by atoms with Crippen molar-refractivity contribution in [1.82, 2.24) is 10.1 Å². The zero-order valence-electron chi connectivity index (χ0n) is 17.6. The molecule has 30 heavy (non-hydrogen) atoms. The lowest BCUT2D eigenvalue weighted by Gasteiger charge is -2.25. The Labute approximate surface area is 177 Å². The summed E-state index contributed by atoms with van der Waals surface area (Å²) in [5.74, 6) is 1.53. The monoisotopic (exact) mass is 404 g/mol. The Morgan fingerprint density at radius 2 is 2.00 bits per heavy atom. The largest absolute Gasteiger partial charge is 0.489 e. The molecule has 0 spiro atoms. The summed E-state index contributed by atoms with van der Waals surface area (Å²) in [4.78, 5) is 15.2. The Hall–Kier alpha value is -3.08. The number of hydrogen-bond donors (Lipinski definition) is 0. The van der Waals surface area contributed by atoms with Gasteiger partial charge in [-0.05, 0) is 63.3 Å². The molecule has 1 aliphatic rings. The average Bonchev–Trinajstić information content (AvgIpc) is 3.37. The highest BCUT2D eigenvalue weighted by molar-refractivity contribution is 5.95. The number of carbonyl (C=O) groups is 1. The topological polar surface area (TPSA) is 55.6 Å². The van der Waals surface area contributed by atoms with Crippen LogP contribution in [0.5, 0.6) is 5.75 Å². The van der Waals surface area contributed by atoms with Crippen LogP contribution in [-0.2, 0) is 13.0 Å². The molecular weight excluding hydrogens is 376 g/mol. The summed E-state index contributed by atoms with van der Waals surface area (Å²) in [6.45, 7) is 4.98. The predicted octanol–water partition coefficient (Wildman–Crippen LogP) is 5.11. The van der Waals surface area contributed by atoms with Crippen LogP contribution in [0, 0.1) is 13.8 Å². The minimum Gasteiger partial charge on any atom is -0.489 e. The summed E-state index contributed by atoms with van der Waals surface area (Å²) in [5.41, 5.74) is 3.79. The molecule has 1 aromatic heterocycles. The molecule has 0 N–H and O–H groups in total. The highest BCUT2D eigenvalue weighted by Gasteiger charge is 2.29. The third kappa shape index (κ3) is 4.56. The fourth-order valence-electron chi connectivity index (χ4n) is 4.13. The standard InChI is InChI=1S/C25H28N2O3/c1-18-24(19(2)30-26-18)17-29-23-12-6-10-21(16-23)25(28)27-15-7-11-22(27)14-13-20-8-4-3-5-9-20/h3-6,8-10,12,16,22H,7,11,13-15,17H2,1-2H3. The van der Waals surface area contributed by atoms with Gasteiger partial charge in [-0.25, -0.2) is 0 Å². The first kappa shape index (κ1) is 20.2. The van der Waals surface area contributed by atoms with Crippen molar-refractivity contribution in [2.45, 2.75) is 52.2 Å². The van der Waals surface area contributed by atoms with E-state index in [4.69, 9.17) is 9.26 Å². The Kier molecular flexibility index (Phi) is 6.17. The van der Waals surface area contributed by atoms with E-state index in [0.717, 1.165) is 49.2 Å². The van der Waals surface area contributed by atoms with Gasteiger partial charge in [0.1, 0.15) is 18.1 Å². The summed E-state index contributed by atoms with van der Waals surface area (Å²) in [6, 6.07) is 18.3. The molecular formula is C25H28N2O3. The molecule has 0 radical (unpaired) electrons. The van der Waals surface area contributed by atoms with E-state index in [1.807, 2.05) is 49.1 Å². The first-order valence-electron chi connectivity index (χ1n) is 10.6. The van der Waals surface area contributed by atoms with Crippen molar-refractivity contribution in [3.05, 3.63) is 82.7 Å². The van der Waals surface area contributed by atoms with Gasteiger partial charge < -0.3 is 14.2 Å². The van der Waals surface area contributed by atoms with Crippen LogP contribution in [-0.4, -0.2) is 28.6 Å². The first-order valence-corrected chi connectivity index (χ1v) is 10.6. The summed E-state index contributed by atoms with van der Waals surface area (Å²) in [5, 5.41) is 3.96. The Morgan fingerprint density at radius 1 is 1.17 bits per heavy atom. The molecule has 1 unspecified atom stereocenters. The number of aromatic nitrogens is 1. The smallest absolute Gasteiger partial charge is 0.254 e. The molecule has 4 rings (SSSR count). The average molecular weight is 405 g/mol. The molecule has 5 heteroatoms. The molecule has 156 valence electrons. The van der Waals surface area contributed by atoms with Crippen molar-refractivity contribution >= 4 is 5.91 Å². The molecule has 2 aromatic carbocycles. The summed E-state index contributed by atoms with van der Waals surface area (Å²) in [7, 11) is 0. The van der Waals surface area contributed by atoms with Crippen LogP contribution in [0.3, 0.4) is 0 Å². The van der Waals surface area contributed by atoms with Crippen LogP contribution in [0.4, 0.5) is 0 Å². The van der Waals surface area contributed by atoms with E-state index in [0.29, 0.717) is 24.0 Å². The van der Waals surface area contributed by atoms with Crippen molar-refractivity contribution in [3.8, 4) is 5.75 Å². The van der Waals surface area contributed by atoms with E-state index in [1.165, 1.54) is 5.56 Å². The number of amides is 1. The maximum absolute atomic E-state index is 13.2. The van der Waals surface area contributed by atoms with Gasteiger partial charge in [0.25, 0.3) is 5.91 Å². The zero-order valence-corrected chi connectivity index (χ0v) is 17.6. The molecule has 1 fully saturated rings. The number of ether oxygens (including phenoxy) is 1. The first-order chi connectivity index (χ1) is 14.6. The molecule has 0 aliphatic carbocycles. The Morgan fingerprint density at radius 3 is 2.77 bits per heavy atom. The number of benzene rings is 2. The third-order valence-corrected chi connectivity index (χ3v) is 5.89. The molecule has 0 saturated carbocycles. The molecule has 1 aliphatic heterocycles. The van der Waals surface area contributed by atoms with E-state index < -0.39 is 0 Å². The Balaban J connectivity index is 1.40. The van der Waals surface area contributed by atoms with Crippen LogP contribution in [0.1, 0.15) is 52.2 Å². The normalized spacial score (nSPS) is 16.1. The van der Waals surface area contributed by atoms with Crippen LogP contribution in [0.15, 0.2) is 59.1 Å². The van der Waals surface area contributed by atoms with E-state index in [9.17, 15) is 4.79 Å². The van der Waals surface area contributed by atoms with Gasteiger partial charge in [0.05, 0.1) is 11.3 Å².